The molecule has 1 aliphatic rings. The zero-order valence-electron chi connectivity index (χ0n) is 19.8. The molecule has 0 radical (unpaired) electrons. The summed E-state index contributed by atoms with van der Waals surface area (Å²) in [6.07, 6.45) is 3.29. The lowest BCUT2D eigenvalue weighted by molar-refractivity contribution is -0.140. The largest absolute Gasteiger partial charge is 0.507 e. The number of amides is 1. The van der Waals surface area contributed by atoms with Crippen LogP contribution < -0.4 is 4.74 Å². The minimum atomic E-state index is -0.823. The van der Waals surface area contributed by atoms with Gasteiger partial charge in [0.2, 0.25) is 0 Å². The molecule has 0 spiro atoms. The van der Waals surface area contributed by atoms with Crippen molar-refractivity contribution in [2.24, 2.45) is 0 Å². The third-order valence-electron chi connectivity index (χ3n) is 6.16. The van der Waals surface area contributed by atoms with Gasteiger partial charge < -0.3 is 14.7 Å². The van der Waals surface area contributed by atoms with Crippen LogP contribution in [0.4, 0.5) is 0 Å². The highest BCUT2D eigenvalue weighted by Gasteiger charge is 2.46. The average molecular weight is 511 g/mol. The summed E-state index contributed by atoms with van der Waals surface area (Å²) in [7, 11) is 0. The third-order valence-corrected chi connectivity index (χ3v) is 6.41. The van der Waals surface area contributed by atoms with Gasteiger partial charge in [-0.05, 0) is 59.2 Å². The Morgan fingerprint density at radius 1 is 0.919 bits per heavy atom. The number of pyridine rings is 1. The zero-order valence-corrected chi connectivity index (χ0v) is 20.5. The van der Waals surface area contributed by atoms with Crippen LogP contribution >= 0.6 is 11.6 Å². The first-order valence-electron chi connectivity index (χ1n) is 11.7. The topological polar surface area (TPSA) is 79.7 Å². The molecule has 4 aromatic rings. The van der Waals surface area contributed by atoms with Crippen LogP contribution in [-0.4, -0.2) is 26.7 Å². The Morgan fingerprint density at radius 3 is 2.41 bits per heavy atom. The van der Waals surface area contributed by atoms with Crippen molar-refractivity contribution < 1.29 is 19.4 Å². The van der Waals surface area contributed by atoms with E-state index in [1.54, 1.807) is 48.8 Å². The van der Waals surface area contributed by atoms with Crippen LogP contribution in [0.2, 0.25) is 5.02 Å². The van der Waals surface area contributed by atoms with E-state index in [1.165, 1.54) is 4.90 Å². The van der Waals surface area contributed by atoms with Crippen LogP contribution in [0.25, 0.3) is 5.76 Å². The lowest BCUT2D eigenvalue weighted by atomic mass is 9.95. The molecule has 3 aromatic carbocycles. The molecule has 0 saturated carbocycles. The van der Waals surface area contributed by atoms with Crippen molar-refractivity contribution in [2.45, 2.75) is 19.2 Å². The molecule has 1 amide bonds. The lowest BCUT2D eigenvalue weighted by Gasteiger charge is -2.25. The number of ketones is 1. The molecule has 1 atom stereocenters. The van der Waals surface area contributed by atoms with E-state index in [0.717, 1.165) is 11.1 Å². The molecule has 1 fully saturated rings. The van der Waals surface area contributed by atoms with Gasteiger partial charge in [-0.1, -0.05) is 60.1 Å². The number of halogens is 1. The predicted molar refractivity (Wildman–Crippen MR) is 141 cm³/mol. The van der Waals surface area contributed by atoms with E-state index < -0.39 is 17.7 Å². The van der Waals surface area contributed by atoms with E-state index >= 15 is 0 Å². The monoisotopic (exact) mass is 510 g/mol. The minimum absolute atomic E-state index is 0.0106. The number of likely N-dealkylation sites (tertiary alicyclic amines) is 1. The van der Waals surface area contributed by atoms with Crippen LogP contribution in [0.3, 0.4) is 0 Å². The maximum Gasteiger partial charge on any atom is 0.295 e. The molecular weight excluding hydrogens is 488 g/mol. The third kappa shape index (κ3) is 5.25. The van der Waals surface area contributed by atoms with Crippen molar-refractivity contribution in [1.82, 2.24) is 9.88 Å². The standard InChI is InChI=1S/C30H23ClN2O4/c31-24-13-11-22(12-14-24)28(34)26-27(33(30(36)29(26)35)18-21-8-5-15-32-17-21)23-9-4-10-25(16-23)37-19-20-6-2-1-3-7-20/h1-17,27,34H,18-19H2/b28-26+. The number of benzene rings is 3. The molecule has 1 aliphatic heterocycles. The molecule has 0 aliphatic carbocycles. The molecule has 1 aromatic heterocycles. The Morgan fingerprint density at radius 2 is 1.68 bits per heavy atom. The predicted octanol–water partition coefficient (Wildman–Crippen LogP) is 5.94. The second-order valence-corrected chi connectivity index (χ2v) is 9.08. The Hall–Kier alpha value is -4.42. The molecule has 37 heavy (non-hydrogen) atoms. The number of ether oxygens (including phenoxy) is 1. The first-order chi connectivity index (χ1) is 18.0. The number of hydrogen-bond acceptors (Lipinski definition) is 5. The van der Waals surface area contributed by atoms with Gasteiger partial charge in [-0.25, -0.2) is 0 Å². The smallest absolute Gasteiger partial charge is 0.295 e. The number of carbonyl (C=O) groups is 2. The molecule has 2 heterocycles. The molecule has 1 N–H and O–H groups in total. The van der Waals surface area contributed by atoms with Gasteiger partial charge in [0, 0.05) is 29.5 Å². The molecular formula is C30H23ClN2O4. The Kier molecular flexibility index (Phi) is 7.01. The summed E-state index contributed by atoms with van der Waals surface area (Å²) >= 11 is 6.01. The summed E-state index contributed by atoms with van der Waals surface area (Å²) in [5, 5.41) is 11.7. The van der Waals surface area contributed by atoms with E-state index in [0.29, 0.717) is 28.5 Å². The second kappa shape index (κ2) is 10.7. The van der Waals surface area contributed by atoms with Crippen molar-refractivity contribution in [3.63, 3.8) is 0 Å². The molecule has 184 valence electrons. The van der Waals surface area contributed by atoms with Gasteiger partial charge in [0.05, 0.1) is 11.6 Å². The fourth-order valence-electron chi connectivity index (χ4n) is 4.36. The highest BCUT2D eigenvalue weighted by Crippen LogP contribution is 2.41. The lowest BCUT2D eigenvalue weighted by Crippen LogP contribution is -2.29. The van der Waals surface area contributed by atoms with Crippen molar-refractivity contribution in [2.75, 3.05) is 0 Å². The summed E-state index contributed by atoms with van der Waals surface area (Å²) in [6.45, 7) is 0.514. The van der Waals surface area contributed by atoms with Crippen molar-refractivity contribution in [1.29, 1.82) is 0 Å². The quantitative estimate of drug-likeness (QED) is 0.189. The maximum atomic E-state index is 13.3. The van der Waals surface area contributed by atoms with E-state index in [4.69, 9.17) is 16.3 Å². The number of Topliss-reactive ketones (excluding diaryl/α,β-unsaturated/α-hetero) is 1. The fourth-order valence-corrected chi connectivity index (χ4v) is 4.48. The van der Waals surface area contributed by atoms with Gasteiger partial charge >= 0.3 is 0 Å². The number of nitrogens with zero attached hydrogens (tertiary/aromatic N) is 2. The minimum Gasteiger partial charge on any atom is -0.507 e. The van der Waals surface area contributed by atoms with Crippen LogP contribution in [-0.2, 0) is 22.7 Å². The number of hydrogen-bond donors (Lipinski definition) is 1. The summed E-state index contributed by atoms with van der Waals surface area (Å²) in [5.41, 5.74) is 2.82. The average Bonchev–Trinajstić information content (AvgIpc) is 3.18. The van der Waals surface area contributed by atoms with Crippen molar-refractivity contribution in [3.8, 4) is 5.75 Å². The number of rotatable bonds is 7. The van der Waals surface area contributed by atoms with Gasteiger partial charge in [0.25, 0.3) is 11.7 Å². The fraction of sp³-hybridized carbons (Fsp3) is 0.100. The Balaban J connectivity index is 1.56. The summed E-state index contributed by atoms with van der Waals surface area (Å²) in [4.78, 5) is 32.1. The molecule has 5 rings (SSSR count). The molecule has 1 unspecified atom stereocenters. The number of aromatic nitrogens is 1. The van der Waals surface area contributed by atoms with Crippen LogP contribution in [0.15, 0.2) is 109 Å². The maximum absolute atomic E-state index is 13.3. The van der Waals surface area contributed by atoms with E-state index in [2.05, 4.69) is 4.98 Å². The van der Waals surface area contributed by atoms with E-state index in [1.807, 2.05) is 54.6 Å². The summed E-state index contributed by atoms with van der Waals surface area (Å²) in [5.74, 6) is -1.12. The number of aliphatic hydroxyl groups is 1. The highest BCUT2D eigenvalue weighted by atomic mass is 35.5. The number of carbonyl (C=O) groups excluding carboxylic acids is 2. The van der Waals surface area contributed by atoms with Crippen LogP contribution in [0.1, 0.15) is 28.3 Å². The first kappa shape index (κ1) is 24.3. The number of aliphatic hydroxyl groups excluding tert-OH is 1. The molecule has 0 bridgehead atoms. The SMILES string of the molecule is O=C1C(=O)N(Cc2cccnc2)C(c2cccc(OCc3ccccc3)c2)/C1=C(\O)c1ccc(Cl)cc1. The van der Waals surface area contributed by atoms with E-state index in [9.17, 15) is 14.7 Å². The zero-order chi connectivity index (χ0) is 25.8. The Labute approximate surface area is 219 Å². The van der Waals surface area contributed by atoms with Gasteiger partial charge in [-0.15, -0.1) is 0 Å². The normalized spacial score (nSPS) is 16.7. The Bertz CT molecular complexity index is 1450. The van der Waals surface area contributed by atoms with Gasteiger partial charge in [-0.2, -0.15) is 0 Å². The first-order valence-corrected chi connectivity index (χ1v) is 12.1. The second-order valence-electron chi connectivity index (χ2n) is 8.64. The van der Waals surface area contributed by atoms with Gasteiger partial charge in [0.15, 0.2) is 0 Å². The highest BCUT2D eigenvalue weighted by molar-refractivity contribution is 6.46. The van der Waals surface area contributed by atoms with E-state index in [-0.39, 0.29) is 17.9 Å². The summed E-state index contributed by atoms with van der Waals surface area (Å²) < 4.78 is 6.00. The molecule has 6 nitrogen and oxygen atoms in total. The molecule has 7 heteroatoms. The van der Waals surface area contributed by atoms with Crippen LogP contribution in [0, 0.1) is 0 Å². The van der Waals surface area contributed by atoms with Gasteiger partial charge in [-0.3, -0.25) is 14.6 Å². The van der Waals surface area contributed by atoms with Crippen LogP contribution in [0.5, 0.6) is 5.75 Å². The summed E-state index contributed by atoms with van der Waals surface area (Å²) in [6, 6.07) is 26.3. The van der Waals surface area contributed by atoms with Crippen molar-refractivity contribution >= 4 is 29.1 Å². The van der Waals surface area contributed by atoms with Crippen molar-refractivity contribution in [3.05, 3.63) is 136 Å². The molecule has 1 saturated heterocycles. The van der Waals surface area contributed by atoms with Gasteiger partial charge in [0.1, 0.15) is 18.1 Å².